The van der Waals surface area contributed by atoms with Crippen LogP contribution in [-0.4, -0.2) is 11.4 Å². The molecule has 1 heterocycles. The van der Waals surface area contributed by atoms with Gasteiger partial charge < -0.3 is 5.32 Å². The van der Waals surface area contributed by atoms with Crippen molar-refractivity contribution in [2.75, 3.05) is 0 Å². The Morgan fingerprint density at radius 2 is 1.93 bits per heavy atom. The normalized spacial score (nSPS) is 18.6. The van der Waals surface area contributed by atoms with Gasteiger partial charge >= 0.3 is 0 Å². The van der Waals surface area contributed by atoms with E-state index in [2.05, 4.69) is 5.32 Å². The van der Waals surface area contributed by atoms with Gasteiger partial charge in [-0.15, -0.1) is 0 Å². The lowest BCUT2D eigenvalue weighted by Crippen LogP contribution is -2.35. The van der Waals surface area contributed by atoms with Gasteiger partial charge in [0.15, 0.2) is 0 Å². The highest BCUT2D eigenvalue weighted by Gasteiger charge is 2.30. The number of halogens is 1. The van der Waals surface area contributed by atoms with Crippen LogP contribution in [0.4, 0.5) is 4.39 Å². The Balaban J connectivity index is 2.49. The van der Waals surface area contributed by atoms with Gasteiger partial charge in [0.25, 0.3) is 5.91 Å². The summed E-state index contributed by atoms with van der Waals surface area (Å²) in [4.78, 5) is 11.6. The van der Waals surface area contributed by atoms with Crippen LogP contribution in [0, 0.1) is 5.82 Å². The number of hydrogen-bond acceptors (Lipinski definition) is 1. The van der Waals surface area contributed by atoms with Crippen molar-refractivity contribution in [3.05, 3.63) is 41.7 Å². The SMILES string of the molecule is CC1(C)C=C(c2ccccc2F)C(=O)N1. The molecule has 0 unspecified atom stereocenters. The van der Waals surface area contributed by atoms with Crippen molar-refractivity contribution in [3.63, 3.8) is 0 Å². The fraction of sp³-hybridized carbons (Fsp3) is 0.250. The highest BCUT2D eigenvalue weighted by molar-refractivity contribution is 6.22. The summed E-state index contributed by atoms with van der Waals surface area (Å²) in [5.41, 5.74) is 0.382. The standard InChI is InChI=1S/C12H12FNO/c1-12(2)7-9(11(15)14-12)8-5-3-4-6-10(8)13/h3-7H,1-2H3,(H,14,15). The minimum atomic E-state index is -0.394. The maximum absolute atomic E-state index is 13.4. The number of carbonyl (C=O) groups excluding carboxylic acids is 1. The van der Waals surface area contributed by atoms with E-state index >= 15 is 0 Å². The van der Waals surface area contributed by atoms with Crippen LogP contribution in [0.15, 0.2) is 30.3 Å². The van der Waals surface area contributed by atoms with Crippen LogP contribution in [-0.2, 0) is 4.79 Å². The van der Waals surface area contributed by atoms with E-state index in [-0.39, 0.29) is 11.7 Å². The average molecular weight is 205 g/mol. The van der Waals surface area contributed by atoms with Gasteiger partial charge in [-0.3, -0.25) is 4.79 Å². The third-order valence-corrected chi connectivity index (χ3v) is 2.35. The second-order valence-electron chi connectivity index (χ2n) is 4.21. The number of amides is 1. The fourth-order valence-electron chi connectivity index (χ4n) is 1.70. The molecular formula is C12H12FNO. The van der Waals surface area contributed by atoms with E-state index in [0.717, 1.165) is 0 Å². The lowest BCUT2D eigenvalue weighted by Gasteiger charge is -2.13. The smallest absolute Gasteiger partial charge is 0.252 e. The van der Waals surface area contributed by atoms with E-state index in [1.165, 1.54) is 6.07 Å². The van der Waals surface area contributed by atoms with Gasteiger partial charge in [0, 0.05) is 11.1 Å². The van der Waals surface area contributed by atoms with E-state index in [4.69, 9.17) is 0 Å². The number of hydrogen-bond donors (Lipinski definition) is 1. The van der Waals surface area contributed by atoms with Gasteiger partial charge in [-0.05, 0) is 26.0 Å². The van der Waals surface area contributed by atoms with Crippen LogP contribution in [0.2, 0.25) is 0 Å². The summed E-state index contributed by atoms with van der Waals surface area (Å²) in [6, 6.07) is 6.30. The number of nitrogens with one attached hydrogen (secondary N) is 1. The van der Waals surface area contributed by atoms with Crippen molar-refractivity contribution in [3.8, 4) is 0 Å². The van der Waals surface area contributed by atoms with Crippen LogP contribution in [0.3, 0.4) is 0 Å². The van der Waals surface area contributed by atoms with E-state index < -0.39 is 5.54 Å². The Morgan fingerprint density at radius 3 is 2.47 bits per heavy atom. The van der Waals surface area contributed by atoms with Crippen LogP contribution < -0.4 is 5.32 Å². The number of carbonyl (C=O) groups is 1. The first-order valence-electron chi connectivity index (χ1n) is 4.80. The van der Waals surface area contributed by atoms with Gasteiger partial charge in [-0.25, -0.2) is 4.39 Å². The highest BCUT2D eigenvalue weighted by Crippen LogP contribution is 2.26. The zero-order valence-electron chi connectivity index (χ0n) is 8.67. The summed E-state index contributed by atoms with van der Waals surface area (Å²) in [7, 11) is 0. The van der Waals surface area contributed by atoms with E-state index in [9.17, 15) is 9.18 Å². The largest absolute Gasteiger partial charge is 0.344 e. The second kappa shape index (κ2) is 3.19. The molecule has 0 aromatic heterocycles. The molecule has 2 nitrogen and oxygen atoms in total. The molecule has 1 N–H and O–H groups in total. The van der Waals surface area contributed by atoms with Gasteiger partial charge in [-0.1, -0.05) is 18.2 Å². The molecule has 0 fully saturated rings. The van der Waals surface area contributed by atoms with Crippen LogP contribution in [0.5, 0.6) is 0 Å². The zero-order valence-corrected chi connectivity index (χ0v) is 8.67. The lowest BCUT2D eigenvalue weighted by atomic mass is 10.0. The molecule has 0 atom stereocenters. The van der Waals surface area contributed by atoms with E-state index in [1.807, 2.05) is 13.8 Å². The Bertz CT molecular complexity index is 449. The maximum Gasteiger partial charge on any atom is 0.252 e. The summed E-state index contributed by atoms with van der Waals surface area (Å²) in [5, 5.41) is 2.77. The van der Waals surface area contributed by atoms with Gasteiger partial charge in [0.05, 0.1) is 5.54 Å². The predicted octanol–water partition coefficient (Wildman–Crippen LogP) is 2.12. The third kappa shape index (κ3) is 1.77. The van der Waals surface area contributed by atoms with Crippen molar-refractivity contribution in [1.82, 2.24) is 5.32 Å². The van der Waals surface area contributed by atoms with Crippen LogP contribution >= 0.6 is 0 Å². The molecule has 2 rings (SSSR count). The molecule has 1 amide bonds. The van der Waals surface area contributed by atoms with Crippen LogP contribution in [0.1, 0.15) is 19.4 Å². The summed E-state index contributed by atoms with van der Waals surface area (Å²) < 4.78 is 13.4. The van der Waals surface area contributed by atoms with Crippen LogP contribution in [0.25, 0.3) is 5.57 Å². The fourth-order valence-corrected chi connectivity index (χ4v) is 1.70. The zero-order chi connectivity index (χ0) is 11.1. The van der Waals surface area contributed by atoms with Gasteiger partial charge in [0.1, 0.15) is 5.82 Å². The Kier molecular flexibility index (Phi) is 2.11. The molecule has 1 aromatic carbocycles. The van der Waals surface area contributed by atoms with E-state index in [0.29, 0.717) is 11.1 Å². The lowest BCUT2D eigenvalue weighted by molar-refractivity contribution is -0.115. The van der Waals surface area contributed by atoms with Crippen molar-refractivity contribution >= 4 is 11.5 Å². The molecule has 1 aliphatic rings. The molecule has 1 aliphatic heterocycles. The van der Waals surface area contributed by atoms with Gasteiger partial charge in [-0.2, -0.15) is 0 Å². The first kappa shape index (κ1) is 9.90. The molecule has 0 radical (unpaired) electrons. The Labute approximate surface area is 87.8 Å². The monoisotopic (exact) mass is 205 g/mol. The molecular weight excluding hydrogens is 193 g/mol. The first-order chi connectivity index (χ1) is 6.99. The summed E-state index contributed by atoms with van der Waals surface area (Å²) in [5.74, 6) is -0.582. The molecule has 1 aromatic rings. The molecule has 15 heavy (non-hydrogen) atoms. The molecule has 78 valence electrons. The minimum absolute atomic E-state index is 0.217. The molecule has 0 saturated carbocycles. The van der Waals surface area contributed by atoms with Crippen molar-refractivity contribution < 1.29 is 9.18 Å². The molecule has 3 heteroatoms. The molecule has 0 saturated heterocycles. The summed E-state index contributed by atoms with van der Waals surface area (Å²) in [6.07, 6.45) is 1.76. The molecule has 0 bridgehead atoms. The maximum atomic E-state index is 13.4. The highest BCUT2D eigenvalue weighted by atomic mass is 19.1. The number of rotatable bonds is 1. The second-order valence-corrected chi connectivity index (χ2v) is 4.21. The first-order valence-corrected chi connectivity index (χ1v) is 4.80. The van der Waals surface area contributed by atoms with Crippen molar-refractivity contribution in [2.45, 2.75) is 19.4 Å². The number of benzene rings is 1. The molecule has 0 spiro atoms. The predicted molar refractivity (Wildman–Crippen MR) is 56.6 cm³/mol. The van der Waals surface area contributed by atoms with Crippen molar-refractivity contribution in [2.24, 2.45) is 0 Å². The topological polar surface area (TPSA) is 29.1 Å². The van der Waals surface area contributed by atoms with Gasteiger partial charge in [0.2, 0.25) is 0 Å². The van der Waals surface area contributed by atoms with E-state index in [1.54, 1.807) is 24.3 Å². The Morgan fingerprint density at radius 1 is 1.27 bits per heavy atom. The van der Waals surface area contributed by atoms with Crippen molar-refractivity contribution in [1.29, 1.82) is 0 Å². The molecule has 0 aliphatic carbocycles. The Hall–Kier alpha value is -1.64. The summed E-state index contributed by atoms with van der Waals surface area (Å²) in [6.45, 7) is 3.75. The quantitative estimate of drug-likeness (QED) is 0.747. The third-order valence-electron chi connectivity index (χ3n) is 2.35. The summed E-state index contributed by atoms with van der Waals surface area (Å²) >= 11 is 0. The average Bonchev–Trinajstić information content (AvgIpc) is 2.40. The minimum Gasteiger partial charge on any atom is -0.344 e.